The Bertz CT molecular complexity index is 1180. The summed E-state index contributed by atoms with van der Waals surface area (Å²) in [5.74, 6) is -0.364. The normalized spacial score (nSPS) is 16.5. The molecule has 182 valence electrons. The van der Waals surface area contributed by atoms with Gasteiger partial charge in [-0.3, -0.25) is 19.1 Å². The maximum absolute atomic E-state index is 12.5. The first-order valence-corrected chi connectivity index (χ1v) is 11.9. The van der Waals surface area contributed by atoms with E-state index in [0.717, 1.165) is 6.26 Å². The molecule has 2 saturated heterocycles. The molecule has 3 heterocycles. The van der Waals surface area contributed by atoms with Crippen LogP contribution in [0, 0.1) is 10.1 Å². The average Bonchev–Trinajstić information content (AvgIpc) is 3.20. The third-order valence-corrected chi connectivity index (χ3v) is 5.77. The minimum atomic E-state index is -3.54. The lowest BCUT2D eigenvalue weighted by molar-refractivity contribution is -0.384. The number of carbonyl (C=O) groups excluding carboxylic acids is 2. The number of oxazole rings is 1. The van der Waals surface area contributed by atoms with Crippen molar-refractivity contribution in [2.24, 2.45) is 0 Å². The van der Waals surface area contributed by atoms with Gasteiger partial charge in [0.15, 0.2) is 5.69 Å². The second kappa shape index (κ2) is 9.26. The van der Waals surface area contributed by atoms with Crippen LogP contribution in [0.3, 0.4) is 0 Å². The number of hydrogen-bond donors (Lipinski definition) is 1. The number of anilines is 1. The van der Waals surface area contributed by atoms with Crippen molar-refractivity contribution in [3.63, 3.8) is 0 Å². The summed E-state index contributed by atoms with van der Waals surface area (Å²) in [5, 5.41) is 13.3. The number of non-ortho nitro benzene ring substituents is 1. The second-order valence-electron chi connectivity index (χ2n) is 7.89. The molecule has 4 rings (SSSR count). The molecule has 34 heavy (non-hydrogen) atoms. The van der Waals surface area contributed by atoms with Crippen molar-refractivity contribution in [3.05, 3.63) is 51.9 Å². The van der Waals surface area contributed by atoms with Gasteiger partial charge >= 0.3 is 6.09 Å². The summed E-state index contributed by atoms with van der Waals surface area (Å²) in [6, 6.07) is 5.56. The van der Waals surface area contributed by atoms with Crippen LogP contribution < -0.4 is 10.2 Å². The van der Waals surface area contributed by atoms with Crippen LogP contribution in [0.1, 0.15) is 16.1 Å². The number of nitrogens with one attached hydrogen (secondary N) is 1. The highest BCUT2D eigenvalue weighted by Gasteiger charge is 2.36. The zero-order valence-corrected chi connectivity index (χ0v) is 18.8. The number of benzene rings is 1. The number of nitro groups is 1. The number of alkyl carbamates (subject to hydrolysis) is 1. The SMILES string of the molecule is CS(=O)(=O)OC1CN(c2nc(C(=O)N3CC(NC(=O)OCc4ccc([N+](=O)[O-])cc4)C3)co2)C1. The quantitative estimate of drug-likeness (QED) is 0.307. The topological polar surface area (TPSA) is 174 Å². The Kier molecular flexibility index (Phi) is 6.39. The van der Waals surface area contributed by atoms with E-state index >= 15 is 0 Å². The maximum atomic E-state index is 12.5. The van der Waals surface area contributed by atoms with Gasteiger partial charge in [-0.15, -0.1) is 0 Å². The van der Waals surface area contributed by atoms with Crippen molar-refractivity contribution >= 4 is 33.8 Å². The smallest absolute Gasteiger partial charge is 0.407 e. The Morgan fingerprint density at radius 1 is 1.24 bits per heavy atom. The Morgan fingerprint density at radius 2 is 1.91 bits per heavy atom. The van der Waals surface area contributed by atoms with E-state index < -0.39 is 27.2 Å². The molecule has 0 aliphatic carbocycles. The third-order valence-electron chi connectivity index (χ3n) is 5.15. The predicted molar refractivity (Wildman–Crippen MR) is 115 cm³/mol. The van der Waals surface area contributed by atoms with E-state index in [4.69, 9.17) is 13.3 Å². The molecule has 0 atom stereocenters. The largest absolute Gasteiger partial charge is 0.445 e. The lowest BCUT2D eigenvalue weighted by Gasteiger charge is -2.38. The van der Waals surface area contributed by atoms with Crippen LogP contribution in [0.25, 0.3) is 0 Å². The third kappa shape index (κ3) is 5.60. The van der Waals surface area contributed by atoms with E-state index in [0.29, 0.717) is 5.56 Å². The van der Waals surface area contributed by atoms with Crippen molar-refractivity contribution in [1.29, 1.82) is 0 Å². The van der Waals surface area contributed by atoms with Crippen LogP contribution in [0.2, 0.25) is 0 Å². The van der Waals surface area contributed by atoms with E-state index in [1.807, 2.05) is 0 Å². The first-order valence-electron chi connectivity index (χ1n) is 10.1. The first-order chi connectivity index (χ1) is 16.1. The van der Waals surface area contributed by atoms with Crippen LogP contribution in [-0.4, -0.2) is 79.8 Å². The molecule has 2 aliphatic heterocycles. The fraction of sp³-hybridized carbons (Fsp3) is 0.421. The molecule has 1 aromatic heterocycles. The summed E-state index contributed by atoms with van der Waals surface area (Å²) in [7, 11) is -3.54. The Balaban J connectivity index is 1.17. The monoisotopic (exact) mass is 495 g/mol. The van der Waals surface area contributed by atoms with Gasteiger partial charge in [-0.1, -0.05) is 0 Å². The summed E-state index contributed by atoms with van der Waals surface area (Å²) in [4.78, 5) is 41.9. The molecule has 2 fully saturated rings. The number of rotatable bonds is 8. The summed E-state index contributed by atoms with van der Waals surface area (Å²) < 4.78 is 37.5. The van der Waals surface area contributed by atoms with Crippen molar-refractivity contribution in [2.75, 3.05) is 37.3 Å². The van der Waals surface area contributed by atoms with Gasteiger partial charge in [0, 0.05) is 25.2 Å². The Morgan fingerprint density at radius 3 is 2.53 bits per heavy atom. The molecule has 15 heteroatoms. The average molecular weight is 495 g/mol. The number of aromatic nitrogens is 1. The predicted octanol–water partition coefficient (Wildman–Crippen LogP) is 0.498. The highest BCUT2D eigenvalue weighted by molar-refractivity contribution is 7.86. The summed E-state index contributed by atoms with van der Waals surface area (Å²) in [6.45, 7) is 1.04. The molecule has 1 aromatic carbocycles. The minimum Gasteiger partial charge on any atom is -0.445 e. The van der Waals surface area contributed by atoms with Crippen molar-refractivity contribution < 1.29 is 36.3 Å². The highest BCUT2D eigenvalue weighted by Crippen LogP contribution is 2.24. The minimum absolute atomic E-state index is 0.0481. The highest BCUT2D eigenvalue weighted by atomic mass is 32.2. The lowest BCUT2D eigenvalue weighted by Crippen LogP contribution is -2.61. The maximum Gasteiger partial charge on any atom is 0.407 e. The molecular formula is C19H21N5O9S. The van der Waals surface area contributed by atoms with Gasteiger partial charge < -0.3 is 24.3 Å². The van der Waals surface area contributed by atoms with Gasteiger partial charge in [0.2, 0.25) is 0 Å². The fourth-order valence-corrected chi connectivity index (χ4v) is 4.00. The molecule has 0 spiro atoms. The molecule has 2 amide bonds. The number of nitro benzene ring substituents is 1. The number of amides is 2. The first kappa shape index (κ1) is 23.4. The second-order valence-corrected chi connectivity index (χ2v) is 9.49. The molecule has 0 bridgehead atoms. The van der Waals surface area contributed by atoms with Crippen LogP contribution in [0.15, 0.2) is 34.9 Å². The molecule has 14 nitrogen and oxygen atoms in total. The molecule has 2 aliphatic rings. The van der Waals surface area contributed by atoms with Gasteiger partial charge in [0.1, 0.15) is 19.0 Å². The number of carbonyl (C=O) groups is 2. The van der Waals surface area contributed by atoms with Gasteiger partial charge in [-0.05, 0) is 17.7 Å². The molecule has 0 radical (unpaired) electrons. The van der Waals surface area contributed by atoms with Crippen LogP contribution >= 0.6 is 0 Å². The van der Waals surface area contributed by atoms with E-state index in [2.05, 4.69) is 10.3 Å². The van der Waals surface area contributed by atoms with E-state index in [9.17, 15) is 28.1 Å². The molecule has 1 N–H and O–H groups in total. The molecule has 0 saturated carbocycles. The van der Waals surface area contributed by atoms with Gasteiger partial charge in [0.05, 0.1) is 30.3 Å². The number of nitrogens with zero attached hydrogens (tertiary/aromatic N) is 4. The number of likely N-dealkylation sites (tertiary alicyclic amines) is 1. The summed E-state index contributed by atoms with van der Waals surface area (Å²) >= 11 is 0. The van der Waals surface area contributed by atoms with E-state index in [-0.39, 0.29) is 62.1 Å². The van der Waals surface area contributed by atoms with Crippen molar-refractivity contribution in [1.82, 2.24) is 15.2 Å². The van der Waals surface area contributed by atoms with Crippen LogP contribution in [-0.2, 0) is 25.6 Å². The van der Waals surface area contributed by atoms with Gasteiger partial charge in [-0.25, -0.2) is 4.79 Å². The molecule has 0 unspecified atom stereocenters. The fourth-order valence-electron chi connectivity index (χ4n) is 3.38. The zero-order chi connectivity index (χ0) is 24.5. The zero-order valence-electron chi connectivity index (χ0n) is 17.9. The standard InChI is InChI=1S/C19H21N5O9S/c1-34(29,30)33-15-8-23(9-15)18-21-16(11-31-18)17(25)22-6-13(7-22)20-19(26)32-10-12-2-4-14(5-3-12)24(27)28/h2-5,11,13,15H,6-10H2,1H3,(H,20,26). The Labute approximate surface area is 193 Å². The van der Waals surface area contributed by atoms with Gasteiger partial charge in [-0.2, -0.15) is 13.4 Å². The summed E-state index contributed by atoms with van der Waals surface area (Å²) in [5.41, 5.74) is 0.646. The molecular weight excluding hydrogens is 474 g/mol. The van der Waals surface area contributed by atoms with E-state index in [1.54, 1.807) is 4.90 Å². The number of hydrogen-bond acceptors (Lipinski definition) is 11. The van der Waals surface area contributed by atoms with E-state index in [1.165, 1.54) is 35.4 Å². The van der Waals surface area contributed by atoms with Crippen molar-refractivity contribution in [3.8, 4) is 0 Å². The van der Waals surface area contributed by atoms with Crippen molar-refractivity contribution in [2.45, 2.75) is 18.8 Å². The number of ether oxygens (including phenoxy) is 1. The van der Waals surface area contributed by atoms with Gasteiger partial charge in [0.25, 0.3) is 27.7 Å². The lowest BCUT2D eigenvalue weighted by atomic mass is 10.1. The molecule has 2 aromatic rings. The van der Waals surface area contributed by atoms with Crippen LogP contribution in [0.5, 0.6) is 0 Å². The van der Waals surface area contributed by atoms with Crippen LogP contribution in [0.4, 0.5) is 16.5 Å². The Hall–Kier alpha value is -3.72. The summed E-state index contributed by atoms with van der Waals surface area (Å²) in [6.07, 6.45) is 1.05.